The van der Waals surface area contributed by atoms with E-state index >= 15 is 0 Å². The van der Waals surface area contributed by atoms with Crippen molar-refractivity contribution in [2.24, 2.45) is 0 Å². The summed E-state index contributed by atoms with van der Waals surface area (Å²) in [7, 11) is 0. The van der Waals surface area contributed by atoms with E-state index < -0.39 is 0 Å². The molecule has 4 nitrogen and oxygen atoms in total. The molecule has 0 saturated heterocycles. The summed E-state index contributed by atoms with van der Waals surface area (Å²) in [6.07, 6.45) is 11.8. The molecule has 2 aromatic heterocycles. The van der Waals surface area contributed by atoms with Crippen LogP contribution in [0.1, 0.15) is 58.6 Å². The maximum atomic E-state index is 4.27. The van der Waals surface area contributed by atoms with Gasteiger partial charge in [0.25, 0.3) is 0 Å². The van der Waals surface area contributed by atoms with E-state index in [2.05, 4.69) is 36.0 Å². The molecule has 0 aliphatic carbocycles. The molecule has 2 heterocycles. The quantitative estimate of drug-likeness (QED) is 0.734. The van der Waals surface area contributed by atoms with Gasteiger partial charge >= 0.3 is 0 Å². The summed E-state index contributed by atoms with van der Waals surface area (Å²) < 4.78 is 2.05. The second kappa shape index (κ2) is 5.46. The summed E-state index contributed by atoms with van der Waals surface area (Å²) in [5, 5.41) is 8.01. The third-order valence-electron chi connectivity index (χ3n) is 3.57. The van der Waals surface area contributed by atoms with Crippen molar-refractivity contribution in [1.82, 2.24) is 19.6 Å². The summed E-state index contributed by atoms with van der Waals surface area (Å²) in [5.41, 5.74) is 2.14. The molecule has 0 radical (unpaired) electrons. The first-order valence-corrected chi connectivity index (χ1v) is 6.79. The lowest BCUT2D eigenvalue weighted by Gasteiger charge is -2.25. The van der Waals surface area contributed by atoms with Gasteiger partial charge in [0.05, 0.1) is 6.20 Å². The van der Waals surface area contributed by atoms with Crippen LogP contribution in [-0.2, 0) is 5.41 Å². The fourth-order valence-corrected chi connectivity index (χ4v) is 2.38. The van der Waals surface area contributed by atoms with Crippen LogP contribution in [0.15, 0.2) is 18.7 Å². The summed E-state index contributed by atoms with van der Waals surface area (Å²) in [6.45, 7) is 6.79. The van der Waals surface area contributed by atoms with Crippen LogP contribution in [0, 0.1) is 0 Å². The lowest BCUT2D eigenvalue weighted by atomic mass is 9.83. The van der Waals surface area contributed by atoms with Gasteiger partial charge in [0.15, 0.2) is 5.65 Å². The fraction of sp³-hybridized carbons (Fsp3) is 0.643. The van der Waals surface area contributed by atoms with Gasteiger partial charge in [-0.2, -0.15) is 0 Å². The van der Waals surface area contributed by atoms with Crippen LogP contribution >= 0.6 is 0 Å². The Morgan fingerprint density at radius 1 is 1.17 bits per heavy atom. The van der Waals surface area contributed by atoms with Crippen LogP contribution in [0.3, 0.4) is 0 Å². The molecular formula is C14H22N4. The monoisotopic (exact) mass is 246 g/mol. The molecule has 0 saturated carbocycles. The number of fused-ring (bicyclic) bond motifs is 1. The third kappa shape index (κ3) is 2.68. The minimum atomic E-state index is 0.114. The average molecular weight is 246 g/mol. The molecule has 0 atom stereocenters. The maximum Gasteiger partial charge on any atom is 0.179 e. The van der Waals surface area contributed by atoms with E-state index in [1.165, 1.54) is 37.8 Å². The Balaban J connectivity index is 2.15. The predicted octanol–water partition coefficient (Wildman–Crippen LogP) is 3.37. The maximum absolute atomic E-state index is 4.27. The molecule has 2 aromatic rings. The summed E-state index contributed by atoms with van der Waals surface area (Å²) in [5.74, 6) is 0. The van der Waals surface area contributed by atoms with Gasteiger partial charge in [-0.15, -0.1) is 10.2 Å². The Kier molecular flexibility index (Phi) is 3.94. The highest BCUT2D eigenvalue weighted by atomic mass is 15.2. The Hall–Kier alpha value is -1.45. The Bertz CT molecular complexity index is 501. The second-order valence-corrected chi connectivity index (χ2v) is 5.55. The predicted molar refractivity (Wildman–Crippen MR) is 72.6 cm³/mol. The van der Waals surface area contributed by atoms with Crippen molar-refractivity contribution in [2.45, 2.75) is 58.3 Å². The van der Waals surface area contributed by atoms with E-state index in [1.54, 1.807) is 12.5 Å². The smallest absolute Gasteiger partial charge is 0.179 e. The molecule has 2 rings (SSSR count). The van der Waals surface area contributed by atoms with Crippen molar-refractivity contribution in [2.75, 3.05) is 0 Å². The van der Waals surface area contributed by atoms with E-state index in [1.807, 2.05) is 10.6 Å². The minimum Gasteiger partial charge on any atom is -0.283 e. The molecule has 0 aliphatic rings. The number of hydrogen-bond acceptors (Lipinski definition) is 3. The fourth-order valence-electron chi connectivity index (χ4n) is 2.38. The molecule has 0 fully saturated rings. The van der Waals surface area contributed by atoms with Crippen LogP contribution in [-0.4, -0.2) is 19.6 Å². The topological polar surface area (TPSA) is 43.1 Å². The normalized spacial score (nSPS) is 12.2. The summed E-state index contributed by atoms with van der Waals surface area (Å²) in [4.78, 5) is 4.27. The zero-order valence-corrected chi connectivity index (χ0v) is 11.6. The lowest BCUT2D eigenvalue weighted by molar-refractivity contribution is 0.429. The number of unbranched alkanes of at least 4 members (excludes halogenated alkanes) is 3. The zero-order valence-electron chi connectivity index (χ0n) is 11.6. The van der Waals surface area contributed by atoms with Gasteiger partial charge in [0, 0.05) is 17.3 Å². The SMILES string of the molecule is CCCCCCC(C)(C)c1cncc2nncn12. The van der Waals surface area contributed by atoms with E-state index in [0.29, 0.717) is 0 Å². The van der Waals surface area contributed by atoms with Crippen LogP contribution in [0.5, 0.6) is 0 Å². The number of hydrogen-bond donors (Lipinski definition) is 0. The van der Waals surface area contributed by atoms with Crippen LogP contribution in [0.2, 0.25) is 0 Å². The van der Waals surface area contributed by atoms with E-state index in [4.69, 9.17) is 0 Å². The average Bonchev–Trinajstić information content (AvgIpc) is 2.82. The van der Waals surface area contributed by atoms with Gasteiger partial charge < -0.3 is 0 Å². The van der Waals surface area contributed by atoms with Crippen molar-refractivity contribution in [1.29, 1.82) is 0 Å². The first-order chi connectivity index (χ1) is 8.65. The van der Waals surface area contributed by atoms with Gasteiger partial charge in [-0.1, -0.05) is 46.5 Å². The zero-order chi connectivity index (χ0) is 13.0. The van der Waals surface area contributed by atoms with Crippen molar-refractivity contribution in [3.63, 3.8) is 0 Å². The summed E-state index contributed by atoms with van der Waals surface area (Å²) >= 11 is 0. The standard InChI is InChI=1S/C14H22N4/c1-4-5-6-7-8-14(2,3)12-9-15-10-13-17-16-11-18(12)13/h9-11H,4-8H2,1-3H3. The van der Waals surface area contributed by atoms with E-state index in [9.17, 15) is 0 Å². The first kappa shape index (κ1) is 13.0. The van der Waals surface area contributed by atoms with Crippen LogP contribution < -0.4 is 0 Å². The molecule has 0 amide bonds. The van der Waals surface area contributed by atoms with Crippen molar-refractivity contribution < 1.29 is 0 Å². The first-order valence-electron chi connectivity index (χ1n) is 6.79. The van der Waals surface area contributed by atoms with Crippen LogP contribution in [0.4, 0.5) is 0 Å². The van der Waals surface area contributed by atoms with Crippen molar-refractivity contribution in [3.05, 3.63) is 24.4 Å². The Labute approximate surface area is 108 Å². The Morgan fingerprint density at radius 3 is 2.78 bits per heavy atom. The minimum absolute atomic E-state index is 0.114. The van der Waals surface area contributed by atoms with Gasteiger partial charge in [-0.25, -0.2) is 0 Å². The van der Waals surface area contributed by atoms with Crippen molar-refractivity contribution >= 4 is 5.65 Å². The molecular weight excluding hydrogens is 224 g/mol. The van der Waals surface area contributed by atoms with Crippen LogP contribution in [0.25, 0.3) is 5.65 Å². The number of aromatic nitrogens is 4. The number of rotatable bonds is 6. The van der Waals surface area contributed by atoms with Gasteiger partial charge in [0.2, 0.25) is 0 Å². The molecule has 4 heteroatoms. The highest BCUT2D eigenvalue weighted by Gasteiger charge is 2.23. The molecule has 0 spiro atoms. The lowest BCUT2D eigenvalue weighted by Crippen LogP contribution is -2.21. The Morgan fingerprint density at radius 2 is 2.00 bits per heavy atom. The van der Waals surface area contributed by atoms with Gasteiger partial charge in [-0.3, -0.25) is 9.38 Å². The summed E-state index contributed by atoms with van der Waals surface area (Å²) in [6, 6.07) is 0. The molecule has 0 aliphatic heterocycles. The van der Waals surface area contributed by atoms with Gasteiger partial charge in [0.1, 0.15) is 6.33 Å². The molecule has 0 bridgehead atoms. The molecule has 0 aromatic carbocycles. The van der Waals surface area contributed by atoms with Crippen molar-refractivity contribution in [3.8, 4) is 0 Å². The largest absolute Gasteiger partial charge is 0.283 e. The molecule has 98 valence electrons. The molecule has 18 heavy (non-hydrogen) atoms. The molecule has 0 N–H and O–H groups in total. The third-order valence-corrected chi connectivity index (χ3v) is 3.57. The van der Waals surface area contributed by atoms with E-state index in [0.717, 1.165) is 5.65 Å². The molecule has 0 unspecified atom stereocenters. The van der Waals surface area contributed by atoms with E-state index in [-0.39, 0.29) is 5.41 Å². The highest BCUT2D eigenvalue weighted by Crippen LogP contribution is 2.29. The highest BCUT2D eigenvalue weighted by molar-refractivity contribution is 5.35. The van der Waals surface area contributed by atoms with Gasteiger partial charge in [-0.05, 0) is 6.42 Å². The second-order valence-electron chi connectivity index (χ2n) is 5.55. The number of nitrogens with zero attached hydrogens (tertiary/aromatic N) is 4.